The predicted molar refractivity (Wildman–Crippen MR) is 84.0 cm³/mol. The first-order valence-electron chi connectivity index (χ1n) is 6.94. The molecule has 1 aliphatic rings. The maximum absolute atomic E-state index is 4.58. The van der Waals surface area contributed by atoms with Crippen molar-refractivity contribution in [2.45, 2.75) is 45.6 Å². The molecule has 1 aliphatic carbocycles. The lowest BCUT2D eigenvalue weighted by Gasteiger charge is -2.13. The van der Waals surface area contributed by atoms with Crippen LogP contribution in [0.5, 0.6) is 0 Å². The van der Waals surface area contributed by atoms with E-state index in [1.165, 1.54) is 16.7 Å². The van der Waals surface area contributed by atoms with Crippen molar-refractivity contribution in [1.29, 1.82) is 0 Å². The van der Waals surface area contributed by atoms with Crippen LogP contribution in [0.1, 0.15) is 44.7 Å². The summed E-state index contributed by atoms with van der Waals surface area (Å²) in [6, 6.07) is 8.66. The third kappa shape index (κ3) is 3.92. The average Bonchev–Trinajstić information content (AvgIpc) is 2.75. The van der Waals surface area contributed by atoms with Crippen LogP contribution in [0.2, 0.25) is 0 Å². The van der Waals surface area contributed by atoms with Gasteiger partial charge in [-0.3, -0.25) is 4.99 Å². The average molecular weight is 253 g/mol. The van der Waals surface area contributed by atoms with Crippen LogP contribution in [-0.4, -0.2) is 11.8 Å². The monoisotopic (exact) mass is 253 g/mol. The van der Waals surface area contributed by atoms with E-state index in [1.807, 2.05) is 6.21 Å². The van der Waals surface area contributed by atoms with Gasteiger partial charge in [-0.05, 0) is 38.8 Å². The molecule has 0 N–H and O–H groups in total. The molecule has 0 radical (unpaired) electrons. The zero-order valence-corrected chi connectivity index (χ0v) is 12.4. The molecule has 2 rings (SSSR count). The van der Waals surface area contributed by atoms with Crippen molar-refractivity contribution in [2.75, 3.05) is 0 Å². The molecule has 1 unspecified atom stereocenters. The van der Waals surface area contributed by atoms with E-state index in [4.69, 9.17) is 0 Å². The van der Waals surface area contributed by atoms with Crippen molar-refractivity contribution in [1.82, 2.24) is 0 Å². The molecule has 0 aromatic heterocycles. The molecule has 1 nitrogen and oxygen atoms in total. The molecule has 1 aromatic carbocycles. The highest BCUT2D eigenvalue weighted by Gasteiger charge is 2.13. The van der Waals surface area contributed by atoms with Gasteiger partial charge in [-0.1, -0.05) is 48.1 Å². The second-order valence-electron chi connectivity index (χ2n) is 6.18. The van der Waals surface area contributed by atoms with Gasteiger partial charge in [-0.2, -0.15) is 0 Å². The molecular formula is C18H23N. The Hall–Kier alpha value is -1.63. The minimum Gasteiger partial charge on any atom is -0.291 e. The molecule has 0 bridgehead atoms. The number of hydrogen-bond donors (Lipinski definition) is 0. The standard InChI is InChI=1S/C18H23N/c1-14-9-10-16(13-14)17-8-6-5-7-15(17)11-12-19-18(2,3)4/h5-10,12-13,16H,11H2,1-4H3. The van der Waals surface area contributed by atoms with Gasteiger partial charge in [0, 0.05) is 18.6 Å². The molecule has 0 spiro atoms. The van der Waals surface area contributed by atoms with E-state index in [-0.39, 0.29) is 5.54 Å². The first-order valence-corrected chi connectivity index (χ1v) is 6.94. The highest BCUT2D eigenvalue weighted by molar-refractivity contribution is 5.63. The fraction of sp³-hybridized carbons (Fsp3) is 0.389. The molecule has 1 aromatic rings. The number of benzene rings is 1. The summed E-state index contributed by atoms with van der Waals surface area (Å²) in [5.41, 5.74) is 4.13. The Morgan fingerprint density at radius 1 is 1.21 bits per heavy atom. The number of allylic oxidation sites excluding steroid dienone is 4. The summed E-state index contributed by atoms with van der Waals surface area (Å²) < 4.78 is 0. The lowest BCUT2D eigenvalue weighted by Crippen LogP contribution is -2.10. The maximum atomic E-state index is 4.58. The third-order valence-corrected chi connectivity index (χ3v) is 3.21. The molecule has 1 atom stereocenters. The van der Waals surface area contributed by atoms with Gasteiger partial charge in [0.15, 0.2) is 0 Å². The lowest BCUT2D eigenvalue weighted by atomic mass is 9.94. The van der Waals surface area contributed by atoms with Crippen LogP contribution in [0.3, 0.4) is 0 Å². The summed E-state index contributed by atoms with van der Waals surface area (Å²) in [7, 11) is 0. The lowest BCUT2D eigenvalue weighted by molar-refractivity contribution is 0.585. The van der Waals surface area contributed by atoms with Crippen LogP contribution in [0.15, 0.2) is 53.1 Å². The minimum absolute atomic E-state index is 0.0126. The SMILES string of the molecule is CC1=CC(c2ccccc2CC=NC(C)(C)C)C=C1. The summed E-state index contributed by atoms with van der Waals surface area (Å²) in [5.74, 6) is 0.430. The fourth-order valence-corrected chi connectivity index (χ4v) is 2.31. The maximum Gasteiger partial charge on any atom is 0.0520 e. The molecule has 0 aliphatic heterocycles. The Morgan fingerprint density at radius 2 is 1.95 bits per heavy atom. The highest BCUT2D eigenvalue weighted by atomic mass is 14.8. The van der Waals surface area contributed by atoms with Crippen molar-refractivity contribution in [3.8, 4) is 0 Å². The van der Waals surface area contributed by atoms with E-state index in [1.54, 1.807) is 0 Å². The molecule has 100 valence electrons. The van der Waals surface area contributed by atoms with Gasteiger partial charge in [0.2, 0.25) is 0 Å². The van der Waals surface area contributed by atoms with Gasteiger partial charge in [0.25, 0.3) is 0 Å². The second-order valence-corrected chi connectivity index (χ2v) is 6.18. The van der Waals surface area contributed by atoms with E-state index < -0.39 is 0 Å². The molecule has 0 amide bonds. The first-order chi connectivity index (χ1) is 8.96. The van der Waals surface area contributed by atoms with Crippen LogP contribution >= 0.6 is 0 Å². The third-order valence-electron chi connectivity index (χ3n) is 3.21. The van der Waals surface area contributed by atoms with Crippen molar-refractivity contribution in [2.24, 2.45) is 4.99 Å². The zero-order valence-electron chi connectivity index (χ0n) is 12.4. The summed E-state index contributed by atoms with van der Waals surface area (Å²) in [6.07, 6.45) is 9.75. The molecular weight excluding hydrogens is 230 g/mol. The minimum atomic E-state index is 0.0126. The van der Waals surface area contributed by atoms with Crippen LogP contribution in [0.4, 0.5) is 0 Å². The molecule has 1 heteroatoms. The Bertz CT molecular complexity index is 527. The normalized spacial score (nSPS) is 19.2. The predicted octanol–water partition coefficient (Wildman–Crippen LogP) is 4.70. The smallest absolute Gasteiger partial charge is 0.0520 e. The Labute approximate surface area is 116 Å². The van der Waals surface area contributed by atoms with E-state index in [0.717, 1.165) is 6.42 Å². The topological polar surface area (TPSA) is 12.4 Å². The number of nitrogens with zero attached hydrogens (tertiary/aromatic N) is 1. The Kier molecular flexibility index (Phi) is 4.04. The van der Waals surface area contributed by atoms with E-state index in [0.29, 0.717) is 5.92 Å². The Morgan fingerprint density at radius 3 is 2.58 bits per heavy atom. The second kappa shape index (κ2) is 5.56. The molecule has 19 heavy (non-hydrogen) atoms. The van der Waals surface area contributed by atoms with Crippen molar-refractivity contribution in [3.05, 3.63) is 59.2 Å². The largest absolute Gasteiger partial charge is 0.291 e. The summed E-state index contributed by atoms with van der Waals surface area (Å²) in [6.45, 7) is 8.53. The first kappa shape index (κ1) is 13.8. The van der Waals surface area contributed by atoms with Crippen LogP contribution in [0.25, 0.3) is 0 Å². The molecule has 0 heterocycles. The van der Waals surface area contributed by atoms with Gasteiger partial charge in [0.1, 0.15) is 0 Å². The number of aliphatic imine (C=N–C) groups is 1. The quantitative estimate of drug-likeness (QED) is 0.692. The van der Waals surface area contributed by atoms with E-state index >= 15 is 0 Å². The van der Waals surface area contributed by atoms with Gasteiger partial charge in [-0.15, -0.1) is 0 Å². The summed E-state index contributed by atoms with van der Waals surface area (Å²) in [4.78, 5) is 4.58. The number of hydrogen-bond acceptors (Lipinski definition) is 1. The van der Waals surface area contributed by atoms with Crippen molar-refractivity contribution in [3.63, 3.8) is 0 Å². The van der Waals surface area contributed by atoms with Crippen LogP contribution in [-0.2, 0) is 6.42 Å². The van der Waals surface area contributed by atoms with E-state index in [2.05, 4.69) is 75.2 Å². The van der Waals surface area contributed by atoms with Crippen LogP contribution in [0, 0.1) is 0 Å². The van der Waals surface area contributed by atoms with Crippen molar-refractivity contribution >= 4 is 6.21 Å². The van der Waals surface area contributed by atoms with Gasteiger partial charge in [-0.25, -0.2) is 0 Å². The zero-order chi connectivity index (χ0) is 13.9. The Balaban J connectivity index is 2.18. The van der Waals surface area contributed by atoms with E-state index in [9.17, 15) is 0 Å². The van der Waals surface area contributed by atoms with Gasteiger partial charge < -0.3 is 0 Å². The molecule has 0 fully saturated rings. The van der Waals surface area contributed by atoms with Crippen molar-refractivity contribution < 1.29 is 0 Å². The molecule has 0 saturated heterocycles. The summed E-state index contributed by atoms with van der Waals surface area (Å²) in [5, 5.41) is 0. The molecule has 0 saturated carbocycles. The highest BCUT2D eigenvalue weighted by Crippen LogP contribution is 2.28. The fourth-order valence-electron chi connectivity index (χ4n) is 2.31. The van der Waals surface area contributed by atoms with Crippen LogP contribution < -0.4 is 0 Å². The van der Waals surface area contributed by atoms with Gasteiger partial charge >= 0.3 is 0 Å². The van der Waals surface area contributed by atoms with Gasteiger partial charge in [0.05, 0.1) is 5.54 Å². The number of rotatable bonds is 3. The summed E-state index contributed by atoms with van der Waals surface area (Å²) >= 11 is 0.